The summed E-state index contributed by atoms with van der Waals surface area (Å²) in [6, 6.07) is 0. The van der Waals surface area contributed by atoms with Crippen LogP contribution in [0.3, 0.4) is 0 Å². The number of nitrogens with zero attached hydrogens (tertiary/aromatic N) is 2. The Bertz CT molecular complexity index is 461. The van der Waals surface area contributed by atoms with Crippen LogP contribution in [0.2, 0.25) is 0 Å². The molecule has 1 aromatic heterocycles. The molecule has 0 bridgehead atoms. The predicted octanol–water partition coefficient (Wildman–Crippen LogP) is -0.423. The van der Waals surface area contributed by atoms with Gasteiger partial charge in [-0.1, -0.05) is 6.92 Å². The van der Waals surface area contributed by atoms with Crippen LogP contribution in [0.5, 0.6) is 0 Å². The lowest BCUT2D eigenvalue weighted by atomic mass is 10.4. The van der Waals surface area contributed by atoms with Gasteiger partial charge in [0.2, 0.25) is 9.84 Å². The number of hydrogen-bond acceptors (Lipinski definition) is 5. The van der Waals surface area contributed by atoms with E-state index in [0.717, 1.165) is 6.20 Å². The zero-order valence-corrected chi connectivity index (χ0v) is 8.71. The number of carbonyl (C=O) groups is 1. The fraction of sp³-hybridized carbons (Fsp3) is 0.429. The number of rotatable bonds is 2. The van der Waals surface area contributed by atoms with Crippen molar-refractivity contribution in [2.45, 2.75) is 6.92 Å². The first-order valence-corrected chi connectivity index (χ1v) is 5.60. The van der Waals surface area contributed by atoms with Crippen molar-refractivity contribution in [2.75, 3.05) is 11.5 Å². The van der Waals surface area contributed by atoms with Crippen molar-refractivity contribution in [3.05, 3.63) is 11.8 Å². The minimum absolute atomic E-state index is 0.0608. The van der Waals surface area contributed by atoms with Gasteiger partial charge in [0.1, 0.15) is 5.82 Å². The monoisotopic (exact) mass is 217 g/mol. The van der Waals surface area contributed by atoms with Crippen LogP contribution in [-0.4, -0.2) is 29.1 Å². The summed E-state index contributed by atoms with van der Waals surface area (Å²) in [6.07, 6.45) is 1.16. The zero-order valence-electron chi connectivity index (χ0n) is 7.89. The first-order chi connectivity index (χ1) is 6.40. The van der Waals surface area contributed by atoms with Crippen LogP contribution in [0.25, 0.3) is 0 Å². The Labute approximate surface area is 81.6 Å². The van der Waals surface area contributed by atoms with Gasteiger partial charge in [-0.15, -0.1) is 0 Å². The maximum atomic E-state index is 11.4. The molecule has 0 radical (unpaired) electrons. The Kier molecular flexibility index (Phi) is 2.61. The molecule has 0 aliphatic carbocycles. The van der Waals surface area contributed by atoms with Crippen LogP contribution in [0, 0.1) is 0 Å². The molecule has 1 heterocycles. The van der Waals surface area contributed by atoms with Crippen molar-refractivity contribution < 1.29 is 13.2 Å². The molecule has 0 saturated carbocycles. The van der Waals surface area contributed by atoms with Gasteiger partial charge in [-0.3, -0.25) is 9.48 Å². The molecule has 1 aromatic rings. The van der Waals surface area contributed by atoms with Crippen molar-refractivity contribution in [3.8, 4) is 0 Å². The minimum Gasteiger partial charge on any atom is -0.383 e. The minimum atomic E-state index is -3.73. The number of hydrogen-bond donors (Lipinski definition) is 1. The maximum Gasteiger partial charge on any atom is 0.281 e. The third-order valence-electron chi connectivity index (χ3n) is 1.87. The van der Waals surface area contributed by atoms with Gasteiger partial charge >= 0.3 is 0 Å². The second-order valence-electron chi connectivity index (χ2n) is 2.76. The average molecular weight is 217 g/mol. The Morgan fingerprint density at radius 1 is 1.64 bits per heavy atom. The molecule has 0 aromatic carbocycles. The molecule has 0 spiro atoms. The van der Waals surface area contributed by atoms with E-state index < -0.39 is 15.0 Å². The van der Waals surface area contributed by atoms with E-state index in [0.29, 0.717) is 0 Å². The summed E-state index contributed by atoms with van der Waals surface area (Å²) in [5.74, 6) is -0.174. The van der Waals surface area contributed by atoms with Crippen molar-refractivity contribution >= 4 is 20.8 Å². The lowest BCUT2D eigenvalue weighted by molar-refractivity contribution is 0.107. The van der Waals surface area contributed by atoms with Crippen LogP contribution in [0.1, 0.15) is 17.3 Å². The fourth-order valence-corrected chi connectivity index (χ4v) is 1.66. The van der Waals surface area contributed by atoms with Gasteiger partial charge in [-0.2, -0.15) is 5.10 Å². The molecule has 14 heavy (non-hydrogen) atoms. The molecule has 2 N–H and O–H groups in total. The lowest BCUT2D eigenvalue weighted by Crippen LogP contribution is -2.18. The second-order valence-corrected chi connectivity index (χ2v) is 4.94. The number of aryl methyl sites for hydroxylation is 1. The molecule has 0 atom stereocenters. The van der Waals surface area contributed by atoms with Gasteiger partial charge in [-0.05, 0) is 0 Å². The molecule has 0 saturated heterocycles. The largest absolute Gasteiger partial charge is 0.383 e. The summed E-state index contributed by atoms with van der Waals surface area (Å²) in [7, 11) is -2.20. The van der Waals surface area contributed by atoms with Crippen molar-refractivity contribution in [3.63, 3.8) is 0 Å². The van der Waals surface area contributed by atoms with Gasteiger partial charge in [0.25, 0.3) is 5.12 Å². The molecule has 0 fully saturated rings. The highest BCUT2D eigenvalue weighted by Crippen LogP contribution is 2.13. The molecule has 78 valence electrons. The highest BCUT2D eigenvalue weighted by molar-refractivity contribution is 8.06. The van der Waals surface area contributed by atoms with E-state index in [1.807, 2.05) is 0 Å². The Hall–Kier alpha value is -1.37. The number of anilines is 1. The van der Waals surface area contributed by atoms with Crippen molar-refractivity contribution in [1.29, 1.82) is 0 Å². The van der Waals surface area contributed by atoms with E-state index in [2.05, 4.69) is 5.10 Å². The first-order valence-electron chi connectivity index (χ1n) is 3.94. The van der Waals surface area contributed by atoms with Gasteiger partial charge in [0.05, 0.1) is 17.5 Å². The molecule has 7 heteroatoms. The molecule has 0 amide bonds. The fourth-order valence-electron chi connectivity index (χ4n) is 0.903. The summed E-state index contributed by atoms with van der Waals surface area (Å²) in [5.41, 5.74) is 5.41. The zero-order chi connectivity index (χ0) is 10.9. The number of carbonyl (C=O) groups excluding carboxylic acids is 1. The lowest BCUT2D eigenvalue weighted by Gasteiger charge is -1.99. The summed E-state index contributed by atoms with van der Waals surface area (Å²) in [5, 5.41) is 2.72. The number of nitrogen functional groups attached to an aromatic ring is 1. The average Bonchev–Trinajstić information content (AvgIpc) is 2.47. The molecule has 0 unspecified atom stereocenters. The Morgan fingerprint density at radius 2 is 2.21 bits per heavy atom. The summed E-state index contributed by atoms with van der Waals surface area (Å²) >= 11 is 0. The van der Waals surface area contributed by atoms with Crippen LogP contribution < -0.4 is 5.73 Å². The van der Waals surface area contributed by atoms with Gasteiger partial charge in [0.15, 0.2) is 0 Å². The standard InChI is InChI=1S/C7H11N3O3S/c1-3-14(12,13)7(11)5-4-9-10(2)6(5)8/h4H,3,8H2,1-2H3. The number of sulfone groups is 1. The molecule has 6 nitrogen and oxygen atoms in total. The SMILES string of the molecule is CCS(=O)(=O)C(=O)c1cnn(C)c1N. The van der Waals surface area contributed by atoms with E-state index in [-0.39, 0.29) is 17.1 Å². The quantitative estimate of drug-likeness (QED) is 0.725. The highest BCUT2D eigenvalue weighted by atomic mass is 32.2. The number of aromatic nitrogens is 2. The van der Waals surface area contributed by atoms with Gasteiger partial charge in [0, 0.05) is 7.05 Å². The van der Waals surface area contributed by atoms with Crippen molar-refractivity contribution in [1.82, 2.24) is 9.78 Å². The Balaban J connectivity index is 3.21. The predicted molar refractivity (Wildman–Crippen MR) is 51.4 cm³/mol. The Morgan fingerprint density at radius 3 is 2.57 bits per heavy atom. The first kappa shape index (κ1) is 10.7. The summed E-state index contributed by atoms with van der Waals surface area (Å²) in [6.45, 7) is 1.40. The normalized spacial score (nSPS) is 11.6. The topological polar surface area (TPSA) is 95.0 Å². The molecule has 0 aliphatic heterocycles. The van der Waals surface area contributed by atoms with Gasteiger partial charge in [-0.25, -0.2) is 8.42 Å². The van der Waals surface area contributed by atoms with Gasteiger partial charge < -0.3 is 5.73 Å². The third-order valence-corrected chi connectivity index (χ3v) is 3.41. The maximum absolute atomic E-state index is 11.4. The van der Waals surface area contributed by atoms with Crippen LogP contribution >= 0.6 is 0 Å². The highest BCUT2D eigenvalue weighted by Gasteiger charge is 2.25. The van der Waals surface area contributed by atoms with E-state index in [1.165, 1.54) is 18.7 Å². The molecule has 0 aliphatic rings. The smallest absolute Gasteiger partial charge is 0.281 e. The molecular weight excluding hydrogens is 206 g/mol. The van der Waals surface area contributed by atoms with Crippen LogP contribution in [0.15, 0.2) is 6.20 Å². The van der Waals surface area contributed by atoms with E-state index >= 15 is 0 Å². The van der Waals surface area contributed by atoms with E-state index in [4.69, 9.17) is 5.73 Å². The molecular formula is C7H11N3O3S. The second kappa shape index (κ2) is 3.41. The summed E-state index contributed by atoms with van der Waals surface area (Å²) in [4.78, 5) is 11.4. The van der Waals surface area contributed by atoms with E-state index in [1.54, 1.807) is 0 Å². The summed E-state index contributed by atoms with van der Waals surface area (Å²) < 4.78 is 23.7. The van der Waals surface area contributed by atoms with Crippen LogP contribution in [-0.2, 0) is 16.9 Å². The molecule has 1 rings (SSSR count). The van der Waals surface area contributed by atoms with Crippen LogP contribution in [0.4, 0.5) is 5.82 Å². The number of nitrogens with two attached hydrogens (primary N) is 1. The third kappa shape index (κ3) is 1.63. The van der Waals surface area contributed by atoms with E-state index in [9.17, 15) is 13.2 Å². The van der Waals surface area contributed by atoms with Crippen molar-refractivity contribution in [2.24, 2.45) is 7.05 Å².